The Hall–Kier alpha value is -2.19. The Bertz CT molecular complexity index is 565. The number of rotatable bonds is 3. The van der Waals surface area contributed by atoms with Gasteiger partial charge in [-0.25, -0.2) is 9.67 Å². The summed E-state index contributed by atoms with van der Waals surface area (Å²) < 4.78 is 1.75. The van der Waals surface area contributed by atoms with Crippen LogP contribution in [0.2, 0.25) is 0 Å². The maximum atomic E-state index is 8.79. The van der Waals surface area contributed by atoms with Crippen molar-refractivity contribution in [2.75, 3.05) is 0 Å². The average molecular weight is 227 g/mol. The van der Waals surface area contributed by atoms with Gasteiger partial charge >= 0.3 is 0 Å². The zero-order chi connectivity index (χ0) is 12.3. The van der Waals surface area contributed by atoms with Crippen LogP contribution in [-0.2, 0) is 13.1 Å². The third-order valence-corrected chi connectivity index (χ3v) is 2.57. The van der Waals surface area contributed by atoms with Crippen LogP contribution in [-0.4, -0.2) is 14.8 Å². The molecule has 0 bridgehead atoms. The average Bonchev–Trinajstić information content (AvgIpc) is 2.79. The number of hydrogen-bond acceptors (Lipinski definition) is 4. The first kappa shape index (κ1) is 11.3. The molecule has 2 rings (SSSR count). The number of nitrogens with zero attached hydrogens (tertiary/aromatic N) is 4. The van der Waals surface area contributed by atoms with E-state index in [9.17, 15) is 0 Å². The van der Waals surface area contributed by atoms with E-state index in [2.05, 4.69) is 16.2 Å². The molecule has 0 aliphatic heterocycles. The monoisotopic (exact) mass is 227 g/mol. The second-order valence-electron chi connectivity index (χ2n) is 3.82. The van der Waals surface area contributed by atoms with E-state index in [1.165, 1.54) is 0 Å². The van der Waals surface area contributed by atoms with Crippen LogP contribution in [0.25, 0.3) is 0 Å². The predicted molar refractivity (Wildman–Crippen MR) is 62.9 cm³/mol. The van der Waals surface area contributed by atoms with Gasteiger partial charge in [0.15, 0.2) is 5.82 Å². The van der Waals surface area contributed by atoms with Crippen LogP contribution >= 0.6 is 0 Å². The fraction of sp³-hybridized carbons (Fsp3) is 0.250. The second kappa shape index (κ2) is 4.76. The van der Waals surface area contributed by atoms with Gasteiger partial charge in [0, 0.05) is 0 Å². The van der Waals surface area contributed by atoms with Gasteiger partial charge in [0.25, 0.3) is 0 Å². The summed E-state index contributed by atoms with van der Waals surface area (Å²) in [5.74, 6) is 0.635. The highest BCUT2D eigenvalue weighted by Crippen LogP contribution is 2.11. The molecule has 5 nitrogen and oxygen atoms in total. The predicted octanol–water partition coefficient (Wildman–Crippen LogP) is 0.965. The van der Waals surface area contributed by atoms with Crippen molar-refractivity contribution in [1.29, 1.82) is 5.26 Å². The number of nitrogens with two attached hydrogens (primary N) is 1. The van der Waals surface area contributed by atoms with E-state index in [1.807, 2.05) is 25.1 Å². The summed E-state index contributed by atoms with van der Waals surface area (Å²) in [5, 5.41) is 13.0. The fourth-order valence-corrected chi connectivity index (χ4v) is 1.62. The lowest BCUT2D eigenvalue weighted by Gasteiger charge is -2.05. The van der Waals surface area contributed by atoms with Gasteiger partial charge in [0.2, 0.25) is 0 Å². The minimum absolute atomic E-state index is 0.347. The molecule has 2 N–H and O–H groups in total. The highest BCUT2D eigenvalue weighted by molar-refractivity contribution is 5.37. The smallest absolute Gasteiger partial charge is 0.164 e. The van der Waals surface area contributed by atoms with Crippen molar-refractivity contribution >= 4 is 0 Å². The zero-order valence-electron chi connectivity index (χ0n) is 9.59. The highest BCUT2D eigenvalue weighted by Gasteiger charge is 2.03. The number of benzene rings is 1. The van der Waals surface area contributed by atoms with Gasteiger partial charge in [-0.05, 0) is 30.2 Å². The molecule has 17 heavy (non-hydrogen) atoms. The molecule has 0 saturated heterocycles. The van der Waals surface area contributed by atoms with Crippen LogP contribution in [0.5, 0.6) is 0 Å². The van der Waals surface area contributed by atoms with Crippen LogP contribution in [0.3, 0.4) is 0 Å². The highest BCUT2D eigenvalue weighted by atomic mass is 15.3. The molecule has 0 spiro atoms. The van der Waals surface area contributed by atoms with Crippen LogP contribution in [0.4, 0.5) is 0 Å². The van der Waals surface area contributed by atoms with E-state index >= 15 is 0 Å². The Labute approximate surface area is 99.5 Å². The van der Waals surface area contributed by atoms with Gasteiger partial charge in [-0.2, -0.15) is 10.4 Å². The lowest BCUT2D eigenvalue weighted by Crippen LogP contribution is -2.04. The summed E-state index contributed by atoms with van der Waals surface area (Å²) in [6.07, 6.45) is 1.67. The summed E-state index contributed by atoms with van der Waals surface area (Å²) in [6.45, 7) is 2.97. The van der Waals surface area contributed by atoms with E-state index in [1.54, 1.807) is 11.0 Å². The summed E-state index contributed by atoms with van der Waals surface area (Å²) >= 11 is 0. The van der Waals surface area contributed by atoms with E-state index in [4.69, 9.17) is 11.0 Å². The standard InChI is InChI=1S/C12H13N5/c1-9-4-10(5-13)2-3-11(9)7-17-8-15-12(6-14)16-17/h2-4,8H,6-7,14H2,1H3. The fourth-order valence-electron chi connectivity index (χ4n) is 1.62. The first-order valence-electron chi connectivity index (χ1n) is 5.31. The molecule has 0 aliphatic carbocycles. The minimum atomic E-state index is 0.347. The van der Waals surface area contributed by atoms with Gasteiger partial charge in [-0.3, -0.25) is 0 Å². The molecule has 0 aliphatic rings. The first-order valence-corrected chi connectivity index (χ1v) is 5.31. The molecule has 0 atom stereocenters. The number of nitriles is 1. The van der Waals surface area contributed by atoms with E-state index < -0.39 is 0 Å². The Morgan fingerprint density at radius 2 is 2.29 bits per heavy atom. The Morgan fingerprint density at radius 3 is 2.88 bits per heavy atom. The van der Waals surface area contributed by atoms with E-state index in [-0.39, 0.29) is 0 Å². The van der Waals surface area contributed by atoms with Gasteiger partial charge in [0.05, 0.1) is 24.7 Å². The Balaban J connectivity index is 2.21. The van der Waals surface area contributed by atoms with Crippen molar-refractivity contribution in [1.82, 2.24) is 14.8 Å². The summed E-state index contributed by atoms with van der Waals surface area (Å²) in [4.78, 5) is 4.07. The third-order valence-electron chi connectivity index (χ3n) is 2.57. The summed E-state index contributed by atoms with van der Waals surface area (Å²) in [5.41, 5.74) is 8.32. The Morgan fingerprint density at radius 1 is 1.47 bits per heavy atom. The van der Waals surface area contributed by atoms with Crippen molar-refractivity contribution in [3.05, 3.63) is 47.0 Å². The summed E-state index contributed by atoms with van der Waals surface area (Å²) in [7, 11) is 0. The Kier molecular flexibility index (Phi) is 3.17. The number of aryl methyl sites for hydroxylation is 1. The molecule has 5 heteroatoms. The molecule has 0 unspecified atom stereocenters. The molecule has 0 saturated carbocycles. The minimum Gasteiger partial charge on any atom is -0.324 e. The third kappa shape index (κ3) is 2.49. The van der Waals surface area contributed by atoms with Gasteiger partial charge in [0.1, 0.15) is 6.33 Å². The molecule has 1 aromatic carbocycles. The quantitative estimate of drug-likeness (QED) is 0.847. The SMILES string of the molecule is Cc1cc(C#N)ccc1Cn1cnc(CN)n1. The molecule has 1 heterocycles. The molecular weight excluding hydrogens is 214 g/mol. The van der Waals surface area contributed by atoms with Crippen LogP contribution in [0, 0.1) is 18.3 Å². The lowest BCUT2D eigenvalue weighted by molar-refractivity contribution is 0.669. The second-order valence-corrected chi connectivity index (χ2v) is 3.82. The van der Waals surface area contributed by atoms with Gasteiger partial charge in [-0.15, -0.1) is 0 Å². The van der Waals surface area contributed by atoms with Crippen molar-refractivity contribution in [2.24, 2.45) is 5.73 Å². The maximum absolute atomic E-state index is 8.79. The van der Waals surface area contributed by atoms with Crippen LogP contribution in [0.15, 0.2) is 24.5 Å². The molecule has 0 amide bonds. The molecule has 0 fully saturated rings. The van der Waals surface area contributed by atoms with Crippen molar-refractivity contribution in [3.63, 3.8) is 0 Å². The van der Waals surface area contributed by atoms with Crippen molar-refractivity contribution in [3.8, 4) is 6.07 Å². The molecule has 1 aromatic heterocycles. The molecular formula is C12H13N5. The molecule has 86 valence electrons. The van der Waals surface area contributed by atoms with E-state index in [0.29, 0.717) is 24.5 Å². The van der Waals surface area contributed by atoms with Crippen LogP contribution in [0.1, 0.15) is 22.5 Å². The van der Waals surface area contributed by atoms with Gasteiger partial charge < -0.3 is 5.73 Å². The largest absolute Gasteiger partial charge is 0.324 e. The van der Waals surface area contributed by atoms with E-state index in [0.717, 1.165) is 11.1 Å². The van der Waals surface area contributed by atoms with Crippen molar-refractivity contribution < 1.29 is 0 Å². The number of hydrogen-bond donors (Lipinski definition) is 1. The number of aromatic nitrogens is 3. The lowest BCUT2D eigenvalue weighted by atomic mass is 10.1. The normalized spacial score (nSPS) is 10.2. The van der Waals surface area contributed by atoms with Crippen LogP contribution < -0.4 is 5.73 Å². The summed E-state index contributed by atoms with van der Waals surface area (Å²) in [6, 6.07) is 7.74. The first-order chi connectivity index (χ1) is 8.22. The zero-order valence-corrected chi connectivity index (χ0v) is 9.59. The topological polar surface area (TPSA) is 80.5 Å². The molecule has 2 aromatic rings. The van der Waals surface area contributed by atoms with Gasteiger partial charge in [-0.1, -0.05) is 6.07 Å². The van der Waals surface area contributed by atoms with Crippen molar-refractivity contribution in [2.45, 2.75) is 20.0 Å². The molecule has 0 radical (unpaired) electrons. The maximum Gasteiger partial charge on any atom is 0.164 e.